The number of aromatic carboxylic acids is 1. The molecule has 106 valence electrons. The van der Waals surface area contributed by atoms with Crippen molar-refractivity contribution >= 4 is 17.3 Å². The monoisotopic (exact) mass is 291 g/mol. The number of hydrogen-bond donors (Lipinski definition) is 1. The predicted molar refractivity (Wildman–Crippen MR) is 78.6 cm³/mol. The Morgan fingerprint density at radius 2 is 2.15 bits per heavy atom. The highest BCUT2D eigenvalue weighted by atomic mass is 32.1. The van der Waals surface area contributed by atoms with Crippen molar-refractivity contribution in [3.8, 4) is 5.75 Å². The van der Waals surface area contributed by atoms with Crippen molar-refractivity contribution in [2.75, 3.05) is 0 Å². The predicted octanol–water partition coefficient (Wildman–Crippen LogP) is 3.55. The third-order valence-electron chi connectivity index (χ3n) is 2.92. The fraction of sp³-hybridized carbons (Fsp3) is 0.333. The summed E-state index contributed by atoms with van der Waals surface area (Å²) in [5.41, 5.74) is 1.69. The van der Waals surface area contributed by atoms with E-state index in [4.69, 9.17) is 9.84 Å². The second kappa shape index (κ2) is 6.52. The van der Waals surface area contributed by atoms with Crippen LogP contribution in [0.25, 0.3) is 0 Å². The Hall–Kier alpha value is -1.88. The molecule has 2 rings (SSSR count). The average Bonchev–Trinajstić information content (AvgIpc) is 2.89. The Bertz CT molecular complexity index is 607. The van der Waals surface area contributed by atoms with Gasteiger partial charge in [-0.1, -0.05) is 26.0 Å². The number of nitrogens with zero attached hydrogens (tertiary/aromatic N) is 1. The Morgan fingerprint density at radius 1 is 1.35 bits per heavy atom. The molecule has 2 aromatic rings. The van der Waals surface area contributed by atoms with Crippen LogP contribution in [0.4, 0.5) is 0 Å². The van der Waals surface area contributed by atoms with Gasteiger partial charge in [0.25, 0.3) is 0 Å². The first-order valence-electron chi connectivity index (χ1n) is 6.57. The molecule has 0 aliphatic carbocycles. The van der Waals surface area contributed by atoms with Gasteiger partial charge < -0.3 is 9.84 Å². The summed E-state index contributed by atoms with van der Waals surface area (Å²) in [5, 5.41) is 9.99. The summed E-state index contributed by atoms with van der Waals surface area (Å²) in [6.07, 6.45) is 1.67. The molecule has 1 aromatic carbocycles. The number of carboxylic acid groups (broad SMARTS) is 1. The van der Waals surface area contributed by atoms with Crippen LogP contribution >= 0.6 is 11.3 Å². The number of aryl methyl sites for hydroxylation is 2. The summed E-state index contributed by atoms with van der Waals surface area (Å²) in [5.74, 6) is -0.199. The van der Waals surface area contributed by atoms with Gasteiger partial charge in [-0.2, -0.15) is 0 Å². The number of carbonyl (C=O) groups is 1. The highest BCUT2D eigenvalue weighted by Crippen LogP contribution is 2.22. The molecule has 0 amide bonds. The van der Waals surface area contributed by atoms with Gasteiger partial charge in [-0.3, -0.25) is 0 Å². The normalized spacial score (nSPS) is 10.5. The Balaban J connectivity index is 2.13. The van der Waals surface area contributed by atoms with Crippen molar-refractivity contribution in [3.63, 3.8) is 0 Å². The molecule has 0 atom stereocenters. The molecule has 1 aromatic heterocycles. The van der Waals surface area contributed by atoms with Crippen LogP contribution in [-0.2, 0) is 19.4 Å². The fourth-order valence-corrected chi connectivity index (χ4v) is 2.67. The Morgan fingerprint density at radius 3 is 2.80 bits per heavy atom. The number of benzene rings is 1. The topological polar surface area (TPSA) is 59.4 Å². The van der Waals surface area contributed by atoms with E-state index in [2.05, 4.69) is 11.9 Å². The van der Waals surface area contributed by atoms with Crippen LogP contribution in [0.3, 0.4) is 0 Å². The van der Waals surface area contributed by atoms with Crippen LogP contribution in [0.1, 0.15) is 39.8 Å². The van der Waals surface area contributed by atoms with E-state index in [0.717, 1.165) is 23.6 Å². The van der Waals surface area contributed by atoms with Gasteiger partial charge in [-0.05, 0) is 30.5 Å². The summed E-state index contributed by atoms with van der Waals surface area (Å²) >= 11 is 1.22. The Labute approximate surface area is 122 Å². The largest absolute Gasteiger partial charge is 0.487 e. The molecule has 0 radical (unpaired) electrons. The van der Waals surface area contributed by atoms with Gasteiger partial charge in [0.2, 0.25) is 0 Å². The maximum Gasteiger partial charge on any atom is 0.347 e. The summed E-state index contributed by atoms with van der Waals surface area (Å²) in [6, 6.07) is 7.80. The zero-order valence-corrected chi connectivity index (χ0v) is 12.4. The molecule has 0 bridgehead atoms. The number of thiazole rings is 1. The van der Waals surface area contributed by atoms with E-state index in [9.17, 15) is 4.79 Å². The van der Waals surface area contributed by atoms with Crippen molar-refractivity contribution in [1.82, 2.24) is 4.98 Å². The van der Waals surface area contributed by atoms with Crippen LogP contribution < -0.4 is 4.74 Å². The van der Waals surface area contributed by atoms with Gasteiger partial charge in [0.15, 0.2) is 0 Å². The van der Waals surface area contributed by atoms with Gasteiger partial charge >= 0.3 is 5.97 Å². The molecule has 20 heavy (non-hydrogen) atoms. The van der Waals surface area contributed by atoms with Crippen molar-refractivity contribution in [3.05, 3.63) is 45.4 Å². The van der Waals surface area contributed by atoms with Gasteiger partial charge in [0, 0.05) is 0 Å². The quantitative estimate of drug-likeness (QED) is 0.884. The number of carboxylic acids is 1. The van der Waals surface area contributed by atoms with Crippen LogP contribution in [0, 0.1) is 0 Å². The number of ether oxygens (including phenoxy) is 1. The average molecular weight is 291 g/mol. The van der Waals surface area contributed by atoms with E-state index >= 15 is 0 Å². The third-order valence-corrected chi connectivity index (χ3v) is 4.15. The highest BCUT2D eigenvalue weighted by molar-refractivity contribution is 7.13. The number of rotatable bonds is 6. The second-order valence-electron chi connectivity index (χ2n) is 4.33. The smallest absolute Gasteiger partial charge is 0.347 e. The number of aromatic nitrogens is 1. The van der Waals surface area contributed by atoms with Crippen molar-refractivity contribution in [2.24, 2.45) is 0 Å². The molecule has 0 aliphatic rings. The van der Waals surface area contributed by atoms with E-state index in [-0.39, 0.29) is 11.5 Å². The minimum atomic E-state index is -0.942. The third kappa shape index (κ3) is 3.36. The second-order valence-corrected chi connectivity index (χ2v) is 5.42. The lowest BCUT2D eigenvalue weighted by Gasteiger charge is -2.06. The van der Waals surface area contributed by atoms with E-state index < -0.39 is 5.97 Å². The van der Waals surface area contributed by atoms with Gasteiger partial charge in [-0.25, -0.2) is 9.78 Å². The first-order chi connectivity index (χ1) is 9.63. The molecule has 4 nitrogen and oxygen atoms in total. The van der Waals surface area contributed by atoms with E-state index in [1.165, 1.54) is 16.9 Å². The SMILES string of the molecule is CCc1cccc(OCc2nc(CC)sc2C(=O)O)c1. The fourth-order valence-electron chi connectivity index (χ4n) is 1.82. The molecule has 0 saturated carbocycles. The summed E-state index contributed by atoms with van der Waals surface area (Å²) < 4.78 is 5.66. The summed E-state index contributed by atoms with van der Waals surface area (Å²) in [4.78, 5) is 15.8. The molecule has 0 saturated heterocycles. The molecule has 5 heteroatoms. The van der Waals surface area contributed by atoms with Gasteiger partial charge in [0.05, 0.1) is 5.01 Å². The first kappa shape index (κ1) is 14.5. The zero-order valence-electron chi connectivity index (χ0n) is 11.5. The molecule has 0 unspecified atom stereocenters. The van der Waals surface area contributed by atoms with E-state index in [1.54, 1.807) is 0 Å². The van der Waals surface area contributed by atoms with Crippen LogP contribution in [0.5, 0.6) is 5.75 Å². The van der Waals surface area contributed by atoms with E-state index in [1.807, 2.05) is 31.2 Å². The van der Waals surface area contributed by atoms with Crippen molar-refractivity contribution in [2.45, 2.75) is 33.3 Å². The number of hydrogen-bond acceptors (Lipinski definition) is 4. The lowest BCUT2D eigenvalue weighted by molar-refractivity contribution is 0.0699. The van der Waals surface area contributed by atoms with Gasteiger partial charge in [-0.15, -0.1) is 11.3 Å². The van der Waals surface area contributed by atoms with Gasteiger partial charge in [0.1, 0.15) is 22.9 Å². The molecular formula is C15H17NO3S. The summed E-state index contributed by atoms with van der Waals surface area (Å²) in [6.45, 7) is 4.22. The van der Waals surface area contributed by atoms with Crippen molar-refractivity contribution in [1.29, 1.82) is 0 Å². The maximum atomic E-state index is 11.2. The van der Waals surface area contributed by atoms with Crippen LogP contribution in [0.15, 0.2) is 24.3 Å². The summed E-state index contributed by atoms with van der Waals surface area (Å²) in [7, 11) is 0. The standard InChI is InChI=1S/C15H17NO3S/c1-3-10-6-5-7-11(8-10)19-9-12-14(15(17)18)20-13(4-2)16-12/h5-8H,3-4,9H2,1-2H3,(H,17,18). The van der Waals surface area contributed by atoms with Crippen LogP contribution in [-0.4, -0.2) is 16.1 Å². The molecule has 0 fully saturated rings. The highest BCUT2D eigenvalue weighted by Gasteiger charge is 2.17. The molecule has 1 N–H and O–H groups in total. The molecular weight excluding hydrogens is 274 g/mol. The maximum absolute atomic E-state index is 11.2. The minimum absolute atomic E-state index is 0.186. The lowest BCUT2D eigenvalue weighted by Crippen LogP contribution is -2.03. The molecule has 0 spiro atoms. The van der Waals surface area contributed by atoms with Crippen LogP contribution in [0.2, 0.25) is 0 Å². The molecule has 1 heterocycles. The Kier molecular flexibility index (Phi) is 4.74. The molecule has 0 aliphatic heterocycles. The zero-order chi connectivity index (χ0) is 14.5. The lowest BCUT2D eigenvalue weighted by atomic mass is 10.2. The van der Waals surface area contributed by atoms with E-state index in [0.29, 0.717) is 5.69 Å². The minimum Gasteiger partial charge on any atom is -0.487 e. The van der Waals surface area contributed by atoms with Crippen molar-refractivity contribution < 1.29 is 14.6 Å². The first-order valence-corrected chi connectivity index (χ1v) is 7.39.